The van der Waals surface area contributed by atoms with E-state index in [2.05, 4.69) is 47.0 Å². The zero-order valence-corrected chi connectivity index (χ0v) is 26.0. The normalized spacial score (nSPS) is 21.8. The molecule has 0 bridgehead atoms. The lowest BCUT2D eigenvalue weighted by atomic mass is 9.63. The molecule has 1 spiro atoms. The number of hydrogen-bond donors (Lipinski definition) is 0. The molecule has 0 atom stereocenters. The van der Waals surface area contributed by atoms with Gasteiger partial charge in [-0.3, -0.25) is 4.99 Å². The Hall–Kier alpha value is -3.13. The van der Waals surface area contributed by atoms with Gasteiger partial charge in [-0.05, 0) is 118 Å². The Morgan fingerprint density at radius 2 is 1.73 bits per heavy atom. The van der Waals surface area contributed by atoms with E-state index in [0.29, 0.717) is 29.1 Å². The minimum atomic E-state index is -2.58. The third-order valence-electron chi connectivity index (χ3n) is 11.2. The predicted molar refractivity (Wildman–Crippen MR) is 172 cm³/mol. The number of aliphatic imine (C=N–C) groups is 1. The lowest BCUT2D eigenvalue weighted by molar-refractivity contribution is 0.0828. The SMILES string of the molecule is Cc1ccc2c(c1-c1c(C3CC3)cc3c(N4CCC5(CCC5)CC4)nc(C4CCN(C)CC4)nc3c1OCC(F)F)C=NC2. The second-order valence-corrected chi connectivity index (χ2v) is 14.2. The number of aromatic nitrogens is 2. The second-order valence-electron chi connectivity index (χ2n) is 14.2. The van der Waals surface area contributed by atoms with Crippen molar-refractivity contribution >= 4 is 22.9 Å². The Bertz CT molecular complexity index is 1610. The highest BCUT2D eigenvalue weighted by atomic mass is 19.3. The first-order chi connectivity index (χ1) is 21.4. The summed E-state index contributed by atoms with van der Waals surface area (Å²) in [6.45, 7) is 6.06. The maximum Gasteiger partial charge on any atom is 0.272 e. The summed E-state index contributed by atoms with van der Waals surface area (Å²) in [4.78, 5) is 20.1. The summed E-state index contributed by atoms with van der Waals surface area (Å²) in [5.41, 5.74) is 7.74. The fourth-order valence-corrected chi connectivity index (χ4v) is 8.20. The van der Waals surface area contributed by atoms with Gasteiger partial charge in [0.05, 0.1) is 6.54 Å². The number of benzene rings is 2. The summed E-state index contributed by atoms with van der Waals surface area (Å²) in [7, 11) is 2.17. The molecule has 1 aromatic heterocycles. The minimum absolute atomic E-state index is 0.237. The predicted octanol–water partition coefficient (Wildman–Crippen LogP) is 7.64. The van der Waals surface area contributed by atoms with E-state index in [1.165, 1.54) is 43.2 Å². The topological polar surface area (TPSA) is 53.9 Å². The quantitative estimate of drug-likeness (QED) is 0.279. The molecule has 5 aliphatic rings. The summed E-state index contributed by atoms with van der Waals surface area (Å²) in [5, 5.41) is 0.958. The van der Waals surface area contributed by atoms with Crippen LogP contribution in [0.4, 0.5) is 14.6 Å². The highest BCUT2D eigenvalue weighted by Gasteiger charge is 2.41. The van der Waals surface area contributed by atoms with Crippen LogP contribution in [0, 0.1) is 12.3 Å². The number of halogens is 2. The molecule has 4 fully saturated rings. The molecule has 2 saturated heterocycles. The van der Waals surface area contributed by atoms with Gasteiger partial charge in [0.15, 0.2) is 5.75 Å². The van der Waals surface area contributed by atoms with Crippen molar-refractivity contribution in [1.29, 1.82) is 0 Å². The summed E-state index contributed by atoms with van der Waals surface area (Å²) in [6, 6.07) is 6.59. The third kappa shape index (κ3) is 4.97. The molecule has 3 aliphatic heterocycles. The summed E-state index contributed by atoms with van der Waals surface area (Å²) < 4.78 is 34.1. The molecule has 8 rings (SSSR count). The Morgan fingerprint density at radius 3 is 2.41 bits per heavy atom. The van der Waals surface area contributed by atoms with Crippen molar-refractivity contribution in [3.05, 3.63) is 46.3 Å². The van der Waals surface area contributed by atoms with Crippen molar-refractivity contribution < 1.29 is 13.5 Å². The number of rotatable bonds is 7. The number of hydrogen-bond acceptors (Lipinski definition) is 6. The van der Waals surface area contributed by atoms with E-state index < -0.39 is 13.0 Å². The molecule has 2 saturated carbocycles. The second kappa shape index (κ2) is 11.0. The van der Waals surface area contributed by atoms with Crippen molar-refractivity contribution in [2.45, 2.75) is 89.5 Å². The molecule has 2 aliphatic carbocycles. The maximum absolute atomic E-state index is 13.9. The molecule has 6 nitrogen and oxygen atoms in total. The Labute approximate surface area is 258 Å². The third-order valence-corrected chi connectivity index (χ3v) is 11.2. The van der Waals surface area contributed by atoms with Crippen molar-refractivity contribution in [1.82, 2.24) is 14.9 Å². The molecule has 0 amide bonds. The van der Waals surface area contributed by atoms with E-state index in [1.54, 1.807) is 0 Å². The van der Waals surface area contributed by atoms with Crippen LogP contribution in [0.2, 0.25) is 0 Å². The minimum Gasteiger partial charge on any atom is -0.485 e. The van der Waals surface area contributed by atoms with Gasteiger partial charge in [-0.15, -0.1) is 0 Å². The summed E-state index contributed by atoms with van der Waals surface area (Å²) in [6.07, 6.45) is 9.96. The molecule has 8 heteroatoms. The number of alkyl halides is 2. The number of anilines is 1. The monoisotopic (exact) mass is 599 g/mol. The van der Waals surface area contributed by atoms with E-state index in [0.717, 1.165) is 91.1 Å². The van der Waals surface area contributed by atoms with Crippen LogP contribution in [0.3, 0.4) is 0 Å². The number of aryl methyl sites for hydroxylation is 1. The van der Waals surface area contributed by atoms with Gasteiger partial charge in [0.2, 0.25) is 0 Å². The van der Waals surface area contributed by atoms with Gasteiger partial charge >= 0.3 is 0 Å². The Morgan fingerprint density at radius 1 is 0.955 bits per heavy atom. The maximum atomic E-state index is 13.9. The van der Waals surface area contributed by atoms with Crippen molar-refractivity contribution in [3.63, 3.8) is 0 Å². The molecule has 0 radical (unpaired) electrons. The van der Waals surface area contributed by atoms with Gasteiger partial charge in [0.1, 0.15) is 23.8 Å². The van der Waals surface area contributed by atoms with Crippen LogP contribution in [0.5, 0.6) is 5.75 Å². The van der Waals surface area contributed by atoms with Crippen LogP contribution in [-0.4, -0.2) is 67.3 Å². The highest BCUT2D eigenvalue weighted by Crippen LogP contribution is 2.54. The largest absolute Gasteiger partial charge is 0.485 e. The average Bonchev–Trinajstić information content (AvgIpc) is 3.75. The van der Waals surface area contributed by atoms with Crippen LogP contribution in [0.1, 0.15) is 97.7 Å². The zero-order chi connectivity index (χ0) is 30.0. The van der Waals surface area contributed by atoms with E-state index in [4.69, 9.17) is 14.7 Å². The highest BCUT2D eigenvalue weighted by molar-refractivity contribution is 6.04. The number of ether oxygens (including phenoxy) is 1. The molecule has 232 valence electrons. The lowest BCUT2D eigenvalue weighted by Crippen LogP contribution is -2.44. The van der Waals surface area contributed by atoms with Gasteiger partial charge in [0.25, 0.3) is 6.43 Å². The molecule has 44 heavy (non-hydrogen) atoms. The first-order valence-electron chi connectivity index (χ1n) is 16.7. The Balaban J connectivity index is 1.37. The van der Waals surface area contributed by atoms with Crippen molar-refractivity contribution in [3.8, 4) is 16.9 Å². The standard InChI is InChI=1S/C36H43F2N5O/c1-22-4-5-25-19-39-20-28(25)30(22)31-26(23-6-7-23)18-27-32(33(31)44-21-29(37)38)40-34(24-8-14-42(2)15-9-24)41-35(27)43-16-12-36(13-17-43)10-3-11-36/h4-5,18,20,23-24,29H,3,6-17,19,21H2,1-2H3. The number of fused-ring (bicyclic) bond motifs is 2. The summed E-state index contributed by atoms with van der Waals surface area (Å²) in [5.74, 6) is 2.93. The number of likely N-dealkylation sites (tertiary alicyclic amines) is 1. The van der Waals surface area contributed by atoms with Gasteiger partial charge in [-0.2, -0.15) is 0 Å². The molecule has 3 aromatic rings. The molecule has 4 heterocycles. The number of nitrogens with zero attached hydrogens (tertiary/aromatic N) is 5. The van der Waals surface area contributed by atoms with E-state index >= 15 is 0 Å². The fraction of sp³-hybridized carbons (Fsp3) is 0.583. The van der Waals surface area contributed by atoms with Gasteiger partial charge in [0, 0.05) is 41.7 Å². The zero-order valence-electron chi connectivity index (χ0n) is 26.0. The molecular formula is C36H43F2N5O. The smallest absolute Gasteiger partial charge is 0.272 e. The summed E-state index contributed by atoms with van der Waals surface area (Å²) >= 11 is 0. The molecule has 0 N–H and O–H groups in total. The molecular weight excluding hydrogens is 556 g/mol. The lowest BCUT2D eigenvalue weighted by Gasteiger charge is -2.48. The van der Waals surface area contributed by atoms with Crippen LogP contribution in [-0.2, 0) is 6.54 Å². The van der Waals surface area contributed by atoms with Crippen LogP contribution in [0.25, 0.3) is 22.0 Å². The average molecular weight is 600 g/mol. The van der Waals surface area contributed by atoms with E-state index in [-0.39, 0.29) is 5.92 Å². The van der Waals surface area contributed by atoms with Gasteiger partial charge < -0.3 is 14.5 Å². The van der Waals surface area contributed by atoms with Crippen LogP contribution >= 0.6 is 0 Å². The molecule has 2 aromatic carbocycles. The van der Waals surface area contributed by atoms with Crippen molar-refractivity contribution in [2.75, 3.05) is 44.7 Å². The van der Waals surface area contributed by atoms with Gasteiger partial charge in [-0.25, -0.2) is 18.7 Å². The van der Waals surface area contributed by atoms with E-state index in [1.807, 2.05) is 6.21 Å². The van der Waals surface area contributed by atoms with Crippen LogP contribution in [0.15, 0.2) is 23.2 Å². The van der Waals surface area contributed by atoms with E-state index in [9.17, 15) is 8.78 Å². The van der Waals surface area contributed by atoms with Gasteiger partial charge in [-0.1, -0.05) is 18.6 Å². The number of piperidine rings is 2. The molecule has 0 unspecified atom stereocenters. The first-order valence-corrected chi connectivity index (χ1v) is 16.7. The van der Waals surface area contributed by atoms with Crippen LogP contribution < -0.4 is 9.64 Å². The Kier molecular flexibility index (Phi) is 7.11. The first kappa shape index (κ1) is 28.4. The van der Waals surface area contributed by atoms with Crippen molar-refractivity contribution in [2.24, 2.45) is 10.4 Å². The fourth-order valence-electron chi connectivity index (χ4n) is 8.20.